The molecule has 7 nitrogen and oxygen atoms in total. The molecule has 2 rings (SSSR count). The topological polar surface area (TPSA) is 115 Å². The molecule has 1 aromatic heterocycles. The van der Waals surface area contributed by atoms with Crippen LogP contribution in [0.25, 0.3) is 0 Å². The molecule has 1 heterocycles. The first-order chi connectivity index (χ1) is 13.8. The van der Waals surface area contributed by atoms with Crippen LogP contribution in [0.4, 0.5) is 19.0 Å². The summed E-state index contributed by atoms with van der Waals surface area (Å²) in [6.07, 6.45) is -0.739. The first kappa shape index (κ1) is 21.4. The molecular weight excluding hydrogens is 387 g/mol. The number of nitrogens with zero attached hydrogens (tertiary/aromatic N) is 2. The summed E-state index contributed by atoms with van der Waals surface area (Å²) in [7, 11) is 1.41. The van der Waals surface area contributed by atoms with Crippen LogP contribution in [0.3, 0.4) is 0 Å². The Morgan fingerprint density at radius 3 is 2.62 bits per heavy atom. The predicted octanol–water partition coefficient (Wildman–Crippen LogP) is 0.923. The molecule has 150 valence electrons. The number of rotatable bonds is 6. The zero-order chi connectivity index (χ0) is 21.4. The molecule has 10 heteroatoms. The number of pyridine rings is 1. The number of nitrogens with one attached hydrogen (secondary N) is 2. The number of ether oxygens (including phenoxy) is 1. The first-order valence-corrected chi connectivity index (χ1v) is 8.18. The van der Waals surface area contributed by atoms with Gasteiger partial charge in [-0.15, -0.1) is 0 Å². The molecule has 0 bridgehead atoms. The van der Waals surface area contributed by atoms with Crippen molar-refractivity contribution in [3.63, 3.8) is 0 Å². The number of halogens is 3. The number of nitriles is 1. The number of methoxy groups -OCH3 is 1. The smallest absolute Gasteiger partial charge is 0.416 e. The molecule has 1 amide bonds. The summed E-state index contributed by atoms with van der Waals surface area (Å²) in [5.74, 6) is 0.0830. The lowest BCUT2D eigenvalue weighted by Crippen LogP contribution is -2.63. The van der Waals surface area contributed by atoms with Gasteiger partial charge >= 0.3 is 12.0 Å². The van der Waals surface area contributed by atoms with Crippen LogP contribution in [-0.2, 0) is 17.5 Å². The van der Waals surface area contributed by atoms with Gasteiger partial charge in [0.05, 0.1) is 24.3 Å². The van der Waals surface area contributed by atoms with E-state index >= 15 is 0 Å². The molecule has 2 aromatic rings. The van der Waals surface area contributed by atoms with Crippen LogP contribution in [0.1, 0.15) is 16.7 Å². The molecule has 0 aliphatic carbocycles. The van der Waals surface area contributed by atoms with Crippen LogP contribution >= 0.6 is 0 Å². The fourth-order valence-electron chi connectivity index (χ4n) is 2.21. The van der Waals surface area contributed by atoms with Crippen LogP contribution in [0, 0.1) is 11.3 Å². The van der Waals surface area contributed by atoms with Gasteiger partial charge in [-0.05, 0) is 22.7 Å². The summed E-state index contributed by atoms with van der Waals surface area (Å²) in [4.78, 5) is 19.0. The standard InChI is InChI=1S/C19H16F3N5O2/c1-29-16-6-17(25-10-13(16)7-23)26-11-14(8-24)18(28)27-9-12-2-4-15(5-3-12)19(20,21)22/h2-6,8,10-11H,9,24H2,1H3,(H,27,28)/p+1/b14-8+,26-11?. The highest BCUT2D eigenvalue weighted by Gasteiger charge is 2.29. The van der Waals surface area contributed by atoms with Crippen LogP contribution in [0.15, 0.2) is 48.3 Å². The van der Waals surface area contributed by atoms with E-state index in [0.29, 0.717) is 17.1 Å². The summed E-state index contributed by atoms with van der Waals surface area (Å²) in [6, 6.07) is 7.85. The Kier molecular flexibility index (Phi) is 6.92. The summed E-state index contributed by atoms with van der Waals surface area (Å²) in [5.41, 5.74) is 5.52. The minimum atomic E-state index is -4.42. The van der Waals surface area contributed by atoms with E-state index in [1.807, 2.05) is 6.07 Å². The van der Waals surface area contributed by atoms with E-state index in [-0.39, 0.29) is 17.7 Å². The van der Waals surface area contributed by atoms with Gasteiger partial charge < -0.3 is 15.8 Å². The predicted molar refractivity (Wildman–Crippen MR) is 97.8 cm³/mol. The van der Waals surface area contributed by atoms with Gasteiger partial charge in [0.15, 0.2) is 6.20 Å². The summed E-state index contributed by atoms with van der Waals surface area (Å²) in [6.45, 7) is 0.0189. The minimum absolute atomic E-state index is 0.0189. The normalized spacial score (nSPS) is 11.9. The highest BCUT2D eigenvalue weighted by Crippen LogP contribution is 2.29. The number of carbonyl (C=O) groups excluding carboxylic acids is 1. The molecular formula is C19H17F3N5O2+. The number of carbonyl (C=O) groups is 1. The highest BCUT2D eigenvalue weighted by atomic mass is 19.4. The fraction of sp³-hybridized carbons (Fsp3) is 0.158. The molecule has 0 aliphatic rings. The third kappa shape index (κ3) is 5.80. The van der Waals surface area contributed by atoms with Gasteiger partial charge in [0.25, 0.3) is 5.91 Å². The van der Waals surface area contributed by atoms with Crippen LogP contribution in [0.5, 0.6) is 5.75 Å². The molecule has 0 unspecified atom stereocenters. The monoisotopic (exact) mass is 404 g/mol. The van der Waals surface area contributed by atoms with Crippen molar-refractivity contribution in [2.75, 3.05) is 7.11 Å². The number of aromatic nitrogens is 1. The second kappa shape index (κ2) is 9.36. The molecule has 0 fully saturated rings. The van der Waals surface area contributed by atoms with Gasteiger partial charge in [0.2, 0.25) is 0 Å². The van der Waals surface area contributed by atoms with E-state index in [1.54, 1.807) is 0 Å². The summed E-state index contributed by atoms with van der Waals surface area (Å²) in [5, 5.41) is 11.5. The van der Waals surface area contributed by atoms with Crippen molar-refractivity contribution >= 4 is 17.9 Å². The van der Waals surface area contributed by atoms with Crippen molar-refractivity contribution in [1.82, 2.24) is 10.3 Å². The zero-order valence-corrected chi connectivity index (χ0v) is 15.2. The van der Waals surface area contributed by atoms with Crippen molar-refractivity contribution in [1.29, 1.82) is 5.26 Å². The van der Waals surface area contributed by atoms with E-state index in [4.69, 9.17) is 15.7 Å². The maximum absolute atomic E-state index is 12.6. The highest BCUT2D eigenvalue weighted by molar-refractivity contribution is 6.10. The van der Waals surface area contributed by atoms with Crippen LogP contribution in [0.2, 0.25) is 0 Å². The number of hydrogen-bond acceptors (Lipinski definition) is 5. The fourth-order valence-corrected chi connectivity index (χ4v) is 2.21. The molecule has 0 saturated heterocycles. The molecule has 0 atom stereocenters. The Morgan fingerprint density at radius 1 is 1.38 bits per heavy atom. The Balaban J connectivity index is 2.02. The SMILES string of the molecule is COc1cc([NH+]=C/C(=C\N)C(=O)NCc2ccc(C(F)(F)F)cc2)ncc1C#N. The first-order valence-electron chi connectivity index (χ1n) is 8.18. The molecule has 1 aromatic carbocycles. The zero-order valence-electron chi connectivity index (χ0n) is 15.2. The van der Waals surface area contributed by atoms with E-state index in [0.717, 1.165) is 18.3 Å². The molecule has 0 spiro atoms. The number of hydrogen-bond donors (Lipinski definition) is 3. The van der Waals surface area contributed by atoms with Gasteiger partial charge in [-0.25, -0.2) is 4.99 Å². The Hall–Kier alpha value is -3.87. The second-order valence-electron chi connectivity index (χ2n) is 5.67. The molecule has 4 N–H and O–H groups in total. The quantitative estimate of drug-likeness (QED) is 0.489. The van der Waals surface area contributed by atoms with Crippen molar-refractivity contribution in [2.45, 2.75) is 12.7 Å². The number of benzene rings is 1. The van der Waals surface area contributed by atoms with Gasteiger partial charge in [-0.2, -0.15) is 18.4 Å². The van der Waals surface area contributed by atoms with Gasteiger partial charge in [0.1, 0.15) is 23.6 Å². The third-order valence-electron chi connectivity index (χ3n) is 3.76. The van der Waals surface area contributed by atoms with Crippen LogP contribution < -0.4 is 20.8 Å². The lowest BCUT2D eigenvalue weighted by molar-refractivity contribution is -0.352. The van der Waals surface area contributed by atoms with Crippen molar-refractivity contribution in [2.24, 2.45) is 5.73 Å². The Labute approximate surface area is 164 Å². The molecule has 0 aliphatic heterocycles. The molecule has 0 saturated carbocycles. The average Bonchev–Trinajstić information content (AvgIpc) is 2.72. The lowest BCUT2D eigenvalue weighted by atomic mass is 10.1. The summed E-state index contributed by atoms with van der Waals surface area (Å²) >= 11 is 0. The minimum Gasteiger partial charge on any atom is -0.495 e. The Bertz CT molecular complexity index is 977. The second-order valence-corrected chi connectivity index (χ2v) is 5.67. The lowest BCUT2D eigenvalue weighted by Gasteiger charge is -2.08. The van der Waals surface area contributed by atoms with Crippen molar-refractivity contribution in [3.05, 3.63) is 65.0 Å². The van der Waals surface area contributed by atoms with Crippen LogP contribution in [-0.4, -0.2) is 24.2 Å². The summed E-state index contributed by atoms with van der Waals surface area (Å²) < 4.78 is 42.8. The number of alkyl halides is 3. The Morgan fingerprint density at radius 2 is 2.07 bits per heavy atom. The van der Waals surface area contributed by atoms with Gasteiger partial charge in [-0.3, -0.25) is 4.79 Å². The van der Waals surface area contributed by atoms with E-state index in [1.165, 1.54) is 37.7 Å². The van der Waals surface area contributed by atoms with Gasteiger partial charge in [-0.1, -0.05) is 12.1 Å². The molecule has 29 heavy (non-hydrogen) atoms. The number of nitrogens with two attached hydrogens (primary N) is 1. The van der Waals surface area contributed by atoms with E-state index < -0.39 is 17.6 Å². The van der Waals surface area contributed by atoms with Gasteiger partial charge in [0, 0.05) is 12.7 Å². The third-order valence-corrected chi connectivity index (χ3v) is 3.76. The maximum Gasteiger partial charge on any atom is 0.416 e. The molecule has 0 radical (unpaired) electrons. The van der Waals surface area contributed by atoms with Crippen molar-refractivity contribution in [3.8, 4) is 11.8 Å². The largest absolute Gasteiger partial charge is 0.495 e. The van der Waals surface area contributed by atoms with Crippen molar-refractivity contribution < 1.29 is 27.7 Å². The van der Waals surface area contributed by atoms with E-state index in [9.17, 15) is 18.0 Å². The van der Waals surface area contributed by atoms with E-state index in [2.05, 4.69) is 15.3 Å². The average molecular weight is 404 g/mol. The number of amides is 1. The maximum atomic E-state index is 12.6.